The molecule has 0 unspecified atom stereocenters. The van der Waals surface area contributed by atoms with Crippen molar-refractivity contribution in [2.75, 3.05) is 0 Å². The molecule has 1 heterocycles. The van der Waals surface area contributed by atoms with Gasteiger partial charge in [-0.15, -0.1) is 0 Å². The Balaban J connectivity index is 2.53. The maximum atomic E-state index is 12.4. The van der Waals surface area contributed by atoms with E-state index < -0.39 is 0 Å². The lowest BCUT2D eigenvalue weighted by atomic mass is 10.1. The number of aromatic nitrogens is 2. The molecule has 0 aliphatic heterocycles. The zero-order chi connectivity index (χ0) is 13.1. The summed E-state index contributed by atoms with van der Waals surface area (Å²) < 4.78 is 1.73. The maximum absolute atomic E-state index is 12.4. The summed E-state index contributed by atoms with van der Waals surface area (Å²) in [6, 6.07) is 9.88. The minimum absolute atomic E-state index is 0.0896. The Labute approximate surface area is 107 Å². The first-order chi connectivity index (χ1) is 8.63. The van der Waals surface area contributed by atoms with Gasteiger partial charge < -0.3 is 0 Å². The summed E-state index contributed by atoms with van der Waals surface area (Å²) in [6.07, 6.45) is 0.838. The summed E-state index contributed by atoms with van der Waals surface area (Å²) in [5, 5.41) is 3.23. The molecule has 3 heteroatoms. The Morgan fingerprint density at radius 3 is 2.44 bits per heavy atom. The number of H-pyrrole nitrogens is 1. The van der Waals surface area contributed by atoms with Crippen LogP contribution in [0.3, 0.4) is 0 Å². The number of rotatable bonds is 4. The molecule has 0 saturated carbocycles. The highest BCUT2D eigenvalue weighted by molar-refractivity contribution is 5.65. The van der Waals surface area contributed by atoms with Gasteiger partial charge in [0.25, 0.3) is 5.56 Å². The van der Waals surface area contributed by atoms with Gasteiger partial charge in [-0.25, -0.2) is 0 Å². The Bertz CT molecular complexity index is 564. The van der Waals surface area contributed by atoms with Crippen LogP contribution >= 0.6 is 0 Å². The summed E-state index contributed by atoms with van der Waals surface area (Å²) in [4.78, 5) is 12.4. The molecule has 1 aromatic carbocycles. The first kappa shape index (κ1) is 12.7. The maximum Gasteiger partial charge on any atom is 0.274 e. The number of benzene rings is 1. The van der Waals surface area contributed by atoms with Crippen LogP contribution in [0.4, 0.5) is 0 Å². The van der Waals surface area contributed by atoms with Crippen molar-refractivity contribution in [1.82, 2.24) is 9.78 Å². The van der Waals surface area contributed by atoms with E-state index in [0.717, 1.165) is 29.8 Å². The van der Waals surface area contributed by atoms with E-state index in [-0.39, 0.29) is 5.56 Å². The van der Waals surface area contributed by atoms with E-state index in [2.05, 4.69) is 25.9 Å². The lowest BCUT2D eigenvalue weighted by Gasteiger charge is -2.04. The predicted octanol–water partition coefficient (Wildman–Crippen LogP) is 3.06. The summed E-state index contributed by atoms with van der Waals surface area (Å²) in [5.74, 6) is 0.453. The quantitative estimate of drug-likeness (QED) is 0.882. The molecule has 0 aliphatic carbocycles. The fraction of sp³-hybridized carbons (Fsp3) is 0.400. The van der Waals surface area contributed by atoms with Gasteiger partial charge in [0, 0.05) is 12.2 Å². The zero-order valence-electron chi connectivity index (χ0n) is 11.2. The van der Waals surface area contributed by atoms with E-state index in [1.165, 1.54) is 0 Å². The van der Waals surface area contributed by atoms with Crippen LogP contribution in [0, 0.1) is 5.92 Å². The number of hydrogen-bond acceptors (Lipinski definition) is 1. The summed E-state index contributed by atoms with van der Waals surface area (Å²) in [5.41, 5.74) is 2.93. The molecule has 18 heavy (non-hydrogen) atoms. The van der Waals surface area contributed by atoms with E-state index in [4.69, 9.17) is 0 Å². The minimum atomic E-state index is 0.0896. The number of aromatic amines is 1. The molecule has 0 fully saturated rings. The van der Waals surface area contributed by atoms with Gasteiger partial charge in [0.15, 0.2) is 0 Å². The third-order valence-electron chi connectivity index (χ3n) is 2.99. The third-order valence-corrected chi connectivity index (χ3v) is 2.99. The summed E-state index contributed by atoms with van der Waals surface area (Å²) >= 11 is 0. The molecule has 0 spiro atoms. The van der Waals surface area contributed by atoms with Crippen LogP contribution in [0.1, 0.15) is 26.5 Å². The molecule has 0 amide bonds. The minimum Gasteiger partial charge on any atom is -0.299 e. The van der Waals surface area contributed by atoms with E-state index in [0.29, 0.717) is 5.92 Å². The van der Waals surface area contributed by atoms with Crippen LogP contribution in [0.2, 0.25) is 0 Å². The standard InChI is InChI=1S/C15H20N2O/c1-4-13-14(12-8-6-5-7-9-12)15(18)17(16-13)10-11(2)3/h5-9,11,16H,4,10H2,1-3H3. The summed E-state index contributed by atoms with van der Waals surface area (Å²) in [7, 11) is 0. The van der Waals surface area contributed by atoms with Gasteiger partial charge in [-0.05, 0) is 17.9 Å². The van der Waals surface area contributed by atoms with Crippen LogP contribution in [0.5, 0.6) is 0 Å². The second-order valence-electron chi connectivity index (χ2n) is 4.99. The number of nitrogens with one attached hydrogen (secondary N) is 1. The van der Waals surface area contributed by atoms with E-state index >= 15 is 0 Å². The molecule has 2 aromatic rings. The Hall–Kier alpha value is -1.77. The molecular weight excluding hydrogens is 224 g/mol. The summed E-state index contributed by atoms with van der Waals surface area (Å²) in [6.45, 7) is 7.03. The van der Waals surface area contributed by atoms with Crippen LogP contribution in [0.25, 0.3) is 11.1 Å². The zero-order valence-corrected chi connectivity index (χ0v) is 11.2. The van der Waals surface area contributed by atoms with Crippen molar-refractivity contribution in [3.63, 3.8) is 0 Å². The lowest BCUT2D eigenvalue weighted by Crippen LogP contribution is -2.20. The van der Waals surface area contributed by atoms with Crippen molar-refractivity contribution >= 4 is 0 Å². The Morgan fingerprint density at radius 1 is 1.22 bits per heavy atom. The van der Waals surface area contributed by atoms with Crippen molar-refractivity contribution in [3.8, 4) is 11.1 Å². The predicted molar refractivity (Wildman–Crippen MR) is 74.7 cm³/mol. The van der Waals surface area contributed by atoms with Crippen LogP contribution in [-0.4, -0.2) is 9.78 Å². The van der Waals surface area contributed by atoms with Crippen molar-refractivity contribution in [3.05, 3.63) is 46.4 Å². The van der Waals surface area contributed by atoms with Gasteiger partial charge in [-0.1, -0.05) is 51.1 Å². The van der Waals surface area contributed by atoms with Crippen molar-refractivity contribution in [2.24, 2.45) is 5.92 Å². The number of nitrogens with zero attached hydrogens (tertiary/aromatic N) is 1. The molecule has 0 atom stereocenters. The average Bonchev–Trinajstić information content (AvgIpc) is 2.66. The SMILES string of the molecule is CCc1[nH]n(CC(C)C)c(=O)c1-c1ccccc1. The first-order valence-electron chi connectivity index (χ1n) is 6.50. The number of hydrogen-bond donors (Lipinski definition) is 1. The highest BCUT2D eigenvalue weighted by atomic mass is 16.1. The van der Waals surface area contributed by atoms with Gasteiger partial charge in [-0.3, -0.25) is 14.6 Å². The van der Waals surface area contributed by atoms with E-state index in [1.807, 2.05) is 30.3 Å². The fourth-order valence-corrected chi connectivity index (χ4v) is 2.19. The molecular formula is C15H20N2O. The molecule has 1 aromatic heterocycles. The van der Waals surface area contributed by atoms with Gasteiger partial charge in [0.1, 0.15) is 0 Å². The largest absolute Gasteiger partial charge is 0.299 e. The van der Waals surface area contributed by atoms with Crippen LogP contribution in [0.15, 0.2) is 35.1 Å². The first-order valence-corrected chi connectivity index (χ1v) is 6.50. The monoisotopic (exact) mass is 244 g/mol. The third kappa shape index (κ3) is 2.40. The van der Waals surface area contributed by atoms with Crippen LogP contribution < -0.4 is 5.56 Å². The van der Waals surface area contributed by atoms with Crippen LogP contribution in [-0.2, 0) is 13.0 Å². The van der Waals surface area contributed by atoms with E-state index in [9.17, 15) is 4.79 Å². The van der Waals surface area contributed by atoms with Gasteiger partial charge in [0.05, 0.1) is 5.56 Å². The topological polar surface area (TPSA) is 37.8 Å². The number of aryl methyl sites for hydroxylation is 1. The van der Waals surface area contributed by atoms with E-state index in [1.54, 1.807) is 4.68 Å². The normalized spacial score (nSPS) is 11.1. The molecule has 0 aliphatic rings. The average molecular weight is 244 g/mol. The Morgan fingerprint density at radius 2 is 1.89 bits per heavy atom. The van der Waals surface area contributed by atoms with Crippen molar-refractivity contribution in [1.29, 1.82) is 0 Å². The highest BCUT2D eigenvalue weighted by Gasteiger charge is 2.14. The molecule has 96 valence electrons. The highest BCUT2D eigenvalue weighted by Crippen LogP contribution is 2.19. The lowest BCUT2D eigenvalue weighted by molar-refractivity contribution is 0.470. The molecule has 2 rings (SSSR count). The van der Waals surface area contributed by atoms with Gasteiger partial charge in [0.2, 0.25) is 0 Å². The molecule has 3 nitrogen and oxygen atoms in total. The van der Waals surface area contributed by atoms with Crippen molar-refractivity contribution < 1.29 is 0 Å². The fourth-order valence-electron chi connectivity index (χ4n) is 2.19. The Kier molecular flexibility index (Phi) is 3.70. The smallest absolute Gasteiger partial charge is 0.274 e. The van der Waals surface area contributed by atoms with Gasteiger partial charge in [-0.2, -0.15) is 0 Å². The molecule has 0 radical (unpaired) electrons. The molecule has 0 bridgehead atoms. The van der Waals surface area contributed by atoms with Gasteiger partial charge >= 0.3 is 0 Å². The molecule has 1 N–H and O–H groups in total. The van der Waals surface area contributed by atoms with Crippen molar-refractivity contribution in [2.45, 2.75) is 33.7 Å². The molecule has 0 saturated heterocycles. The second kappa shape index (κ2) is 5.25. The second-order valence-corrected chi connectivity index (χ2v) is 4.99.